The summed E-state index contributed by atoms with van der Waals surface area (Å²) in [4.78, 5) is 8.48. The fourth-order valence-corrected chi connectivity index (χ4v) is 2.14. The van der Waals surface area contributed by atoms with Gasteiger partial charge in [0.1, 0.15) is 17.6 Å². The topological polar surface area (TPSA) is 47.0 Å². The SMILES string of the molecule is CCCCCCC(C)Nc1cc(Cl)nc(COC)n1. The molecule has 0 aliphatic carbocycles. The lowest BCUT2D eigenvalue weighted by Crippen LogP contribution is -2.16. The Labute approximate surface area is 120 Å². The van der Waals surface area contributed by atoms with Crippen LogP contribution in [0.2, 0.25) is 5.15 Å². The van der Waals surface area contributed by atoms with Gasteiger partial charge in [0.15, 0.2) is 5.82 Å². The van der Waals surface area contributed by atoms with E-state index in [9.17, 15) is 0 Å². The van der Waals surface area contributed by atoms with E-state index in [2.05, 4.69) is 29.1 Å². The van der Waals surface area contributed by atoms with Crippen molar-refractivity contribution in [3.63, 3.8) is 0 Å². The molecule has 0 bridgehead atoms. The second kappa shape index (κ2) is 9.10. The predicted octanol–water partition coefficient (Wildman–Crippen LogP) is 4.05. The van der Waals surface area contributed by atoms with Gasteiger partial charge in [0, 0.05) is 19.2 Å². The molecule has 0 amide bonds. The molecule has 0 fully saturated rings. The second-order valence-corrected chi connectivity index (χ2v) is 5.21. The van der Waals surface area contributed by atoms with Gasteiger partial charge in [-0.25, -0.2) is 9.97 Å². The van der Waals surface area contributed by atoms with Crippen LogP contribution in [0.25, 0.3) is 0 Å². The maximum absolute atomic E-state index is 5.97. The van der Waals surface area contributed by atoms with Crippen molar-refractivity contribution in [2.24, 2.45) is 0 Å². The quantitative estimate of drug-likeness (QED) is 0.549. The van der Waals surface area contributed by atoms with E-state index < -0.39 is 0 Å². The molecule has 1 rings (SSSR count). The summed E-state index contributed by atoms with van der Waals surface area (Å²) in [5, 5.41) is 3.81. The van der Waals surface area contributed by atoms with E-state index in [0.717, 1.165) is 12.2 Å². The Morgan fingerprint density at radius 1 is 1.32 bits per heavy atom. The number of aromatic nitrogens is 2. The molecule has 1 unspecified atom stereocenters. The number of unbranched alkanes of at least 4 members (excludes halogenated alkanes) is 3. The number of ether oxygens (including phenoxy) is 1. The molecule has 108 valence electrons. The average molecular weight is 286 g/mol. The monoisotopic (exact) mass is 285 g/mol. The number of hydrogen-bond acceptors (Lipinski definition) is 4. The number of nitrogens with zero attached hydrogens (tertiary/aromatic N) is 2. The van der Waals surface area contributed by atoms with Gasteiger partial charge < -0.3 is 10.1 Å². The van der Waals surface area contributed by atoms with Crippen LogP contribution in [-0.2, 0) is 11.3 Å². The Morgan fingerprint density at radius 2 is 2.11 bits per heavy atom. The van der Waals surface area contributed by atoms with Crippen LogP contribution in [0.1, 0.15) is 51.8 Å². The van der Waals surface area contributed by atoms with Crippen molar-refractivity contribution in [2.45, 2.75) is 58.6 Å². The minimum absolute atomic E-state index is 0.375. The number of anilines is 1. The standard InChI is InChI=1S/C14H24ClN3O/c1-4-5-6-7-8-11(2)16-13-9-12(15)17-14(18-13)10-19-3/h9,11H,4-8,10H2,1-3H3,(H,16,17,18). The Balaban J connectivity index is 2.46. The predicted molar refractivity (Wildman–Crippen MR) is 79.6 cm³/mol. The first-order chi connectivity index (χ1) is 9.15. The third-order valence-corrected chi connectivity index (χ3v) is 3.09. The number of rotatable bonds is 9. The van der Waals surface area contributed by atoms with Gasteiger partial charge in [0.2, 0.25) is 0 Å². The fraction of sp³-hybridized carbons (Fsp3) is 0.714. The molecule has 5 heteroatoms. The normalized spacial score (nSPS) is 12.4. The van der Waals surface area contributed by atoms with Crippen molar-refractivity contribution in [1.29, 1.82) is 0 Å². The van der Waals surface area contributed by atoms with Crippen LogP contribution in [0.4, 0.5) is 5.82 Å². The summed E-state index contributed by atoms with van der Waals surface area (Å²) < 4.78 is 5.02. The molecule has 1 N–H and O–H groups in total. The number of halogens is 1. The maximum atomic E-state index is 5.97. The van der Waals surface area contributed by atoms with E-state index in [-0.39, 0.29) is 0 Å². The first-order valence-corrected chi connectivity index (χ1v) is 7.32. The van der Waals surface area contributed by atoms with Gasteiger partial charge in [-0.15, -0.1) is 0 Å². The van der Waals surface area contributed by atoms with E-state index in [1.54, 1.807) is 13.2 Å². The summed E-state index contributed by atoms with van der Waals surface area (Å²) in [5.41, 5.74) is 0. The highest BCUT2D eigenvalue weighted by Gasteiger charge is 2.06. The zero-order valence-corrected chi connectivity index (χ0v) is 12.8. The highest BCUT2D eigenvalue weighted by Crippen LogP contribution is 2.15. The van der Waals surface area contributed by atoms with Crippen molar-refractivity contribution in [3.8, 4) is 0 Å². The zero-order valence-electron chi connectivity index (χ0n) is 12.1. The molecule has 0 saturated heterocycles. The van der Waals surface area contributed by atoms with Gasteiger partial charge in [-0.05, 0) is 13.3 Å². The summed E-state index contributed by atoms with van der Waals surface area (Å²) in [7, 11) is 1.62. The molecule has 4 nitrogen and oxygen atoms in total. The lowest BCUT2D eigenvalue weighted by molar-refractivity contribution is 0.178. The first-order valence-electron chi connectivity index (χ1n) is 6.94. The van der Waals surface area contributed by atoms with Crippen molar-refractivity contribution in [3.05, 3.63) is 17.0 Å². The lowest BCUT2D eigenvalue weighted by Gasteiger charge is -2.15. The van der Waals surface area contributed by atoms with E-state index in [1.165, 1.54) is 25.7 Å². The van der Waals surface area contributed by atoms with Gasteiger partial charge in [-0.3, -0.25) is 0 Å². The fourth-order valence-electron chi connectivity index (χ4n) is 1.93. The minimum Gasteiger partial charge on any atom is -0.377 e. The highest BCUT2D eigenvalue weighted by atomic mass is 35.5. The van der Waals surface area contributed by atoms with Crippen molar-refractivity contribution in [2.75, 3.05) is 12.4 Å². The second-order valence-electron chi connectivity index (χ2n) is 4.82. The van der Waals surface area contributed by atoms with Gasteiger partial charge >= 0.3 is 0 Å². The Morgan fingerprint density at radius 3 is 2.79 bits per heavy atom. The molecule has 1 aromatic rings. The molecular formula is C14H24ClN3O. The van der Waals surface area contributed by atoms with Crippen LogP contribution in [0, 0.1) is 0 Å². The van der Waals surface area contributed by atoms with Crippen molar-refractivity contribution >= 4 is 17.4 Å². The van der Waals surface area contributed by atoms with Crippen LogP contribution >= 0.6 is 11.6 Å². The molecule has 0 spiro atoms. The van der Waals surface area contributed by atoms with E-state index >= 15 is 0 Å². The number of hydrogen-bond donors (Lipinski definition) is 1. The van der Waals surface area contributed by atoms with Gasteiger partial charge in [-0.1, -0.05) is 44.2 Å². The van der Waals surface area contributed by atoms with Crippen LogP contribution in [0.5, 0.6) is 0 Å². The van der Waals surface area contributed by atoms with Crippen molar-refractivity contribution < 1.29 is 4.74 Å². The Hall–Kier alpha value is -0.870. The summed E-state index contributed by atoms with van der Waals surface area (Å²) in [6.45, 7) is 4.76. The molecule has 1 heterocycles. The van der Waals surface area contributed by atoms with E-state index in [0.29, 0.717) is 23.6 Å². The van der Waals surface area contributed by atoms with Gasteiger partial charge in [0.05, 0.1) is 0 Å². The summed E-state index contributed by atoms with van der Waals surface area (Å²) >= 11 is 5.97. The summed E-state index contributed by atoms with van der Waals surface area (Å²) in [6, 6.07) is 2.14. The Kier molecular flexibility index (Phi) is 7.75. The number of nitrogens with one attached hydrogen (secondary N) is 1. The summed E-state index contributed by atoms with van der Waals surface area (Å²) in [6.07, 6.45) is 6.25. The smallest absolute Gasteiger partial charge is 0.158 e. The van der Waals surface area contributed by atoms with Crippen molar-refractivity contribution in [1.82, 2.24) is 9.97 Å². The van der Waals surface area contributed by atoms with Crippen LogP contribution < -0.4 is 5.32 Å². The average Bonchev–Trinajstić information content (AvgIpc) is 2.34. The molecule has 0 aliphatic heterocycles. The lowest BCUT2D eigenvalue weighted by atomic mass is 10.1. The molecule has 19 heavy (non-hydrogen) atoms. The molecular weight excluding hydrogens is 262 g/mol. The van der Waals surface area contributed by atoms with Crippen LogP contribution in [0.15, 0.2) is 6.07 Å². The molecule has 1 aromatic heterocycles. The summed E-state index contributed by atoms with van der Waals surface area (Å²) in [5.74, 6) is 1.38. The largest absolute Gasteiger partial charge is 0.377 e. The third-order valence-electron chi connectivity index (χ3n) is 2.90. The highest BCUT2D eigenvalue weighted by molar-refractivity contribution is 6.29. The maximum Gasteiger partial charge on any atom is 0.158 e. The minimum atomic E-state index is 0.375. The van der Waals surface area contributed by atoms with E-state index in [1.807, 2.05) is 0 Å². The molecule has 0 aliphatic rings. The zero-order chi connectivity index (χ0) is 14.1. The van der Waals surface area contributed by atoms with Crippen LogP contribution in [0.3, 0.4) is 0 Å². The van der Waals surface area contributed by atoms with Crippen LogP contribution in [-0.4, -0.2) is 23.1 Å². The third kappa shape index (κ3) is 6.73. The molecule has 0 radical (unpaired) electrons. The van der Waals surface area contributed by atoms with Gasteiger partial charge in [-0.2, -0.15) is 0 Å². The Bertz CT molecular complexity index is 374. The first kappa shape index (κ1) is 16.2. The number of methoxy groups -OCH3 is 1. The molecule has 1 atom stereocenters. The molecule has 0 saturated carbocycles. The van der Waals surface area contributed by atoms with Gasteiger partial charge in [0.25, 0.3) is 0 Å². The van der Waals surface area contributed by atoms with E-state index in [4.69, 9.17) is 16.3 Å². The molecule has 0 aromatic carbocycles.